The highest BCUT2D eigenvalue weighted by Gasteiger charge is 2.34. The molecule has 0 aromatic rings. The van der Waals surface area contributed by atoms with Gasteiger partial charge >= 0.3 is 0 Å². The van der Waals surface area contributed by atoms with Gasteiger partial charge in [0.15, 0.2) is 0 Å². The SMILES string of the molecule is [B]C1CC(OC=O)C(COC(C)C)O1. The summed E-state index contributed by atoms with van der Waals surface area (Å²) in [5.41, 5.74) is 0. The molecule has 0 saturated carbocycles. The summed E-state index contributed by atoms with van der Waals surface area (Å²) in [6.45, 7) is 4.70. The van der Waals surface area contributed by atoms with Gasteiger partial charge in [-0.3, -0.25) is 4.79 Å². The molecule has 1 heterocycles. The summed E-state index contributed by atoms with van der Waals surface area (Å²) in [4.78, 5) is 10.2. The van der Waals surface area contributed by atoms with Crippen molar-refractivity contribution in [2.75, 3.05) is 6.61 Å². The largest absolute Gasteiger partial charge is 0.462 e. The third-order valence-electron chi connectivity index (χ3n) is 2.05. The van der Waals surface area contributed by atoms with E-state index in [9.17, 15) is 4.79 Å². The molecule has 1 aliphatic heterocycles. The molecule has 0 aromatic carbocycles. The Labute approximate surface area is 85.3 Å². The Bertz CT molecular complexity index is 186. The minimum Gasteiger partial charge on any atom is -0.462 e. The van der Waals surface area contributed by atoms with Crippen LogP contribution in [0.25, 0.3) is 0 Å². The van der Waals surface area contributed by atoms with Crippen LogP contribution in [0.1, 0.15) is 20.3 Å². The smallest absolute Gasteiger partial charge is 0.293 e. The van der Waals surface area contributed by atoms with Crippen molar-refractivity contribution in [1.29, 1.82) is 0 Å². The standard InChI is InChI=1S/C9H15BO4/c1-6(2)12-4-8-7(13-5-11)3-9(10)14-8/h5-9H,3-4H2,1-2H3. The number of carbonyl (C=O) groups excluding carboxylic acids is 1. The summed E-state index contributed by atoms with van der Waals surface area (Å²) in [7, 11) is 5.58. The number of carbonyl (C=O) groups is 1. The lowest BCUT2D eigenvalue weighted by molar-refractivity contribution is -0.138. The van der Waals surface area contributed by atoms with E-state index in [1.807, 2.05) is 13.8 Å². The van der Waals surface area contributed by atoms with Gasteiger partial charge in [-0.15, -0.1) is 0 Å². The second-order valence-corrected chi connectivity index (χ2v) is 3.60. The molecule has 1 saturated heterocycles. The number of hydrogen-bond donors (Lipinski definition) is 0. The van der Waals surface area contributed by atoms with E-state index in [0.29, 0.717) is 19.5 Å². The fourth-order valence-electron chi connectivity index (χ4n) is 1.40. The third-order valence-corrected chi connectivity index (χ3v) is 2.05. The van der Waals surface area contributed by atoms with Crippen LogP contribution in [0.2, 0.25) is 0 Å². The minimum absolute atomic E-state index is 0.132. The Morgan fingerprint density at radius 2 is 2.36 bits per heavy atom. The number of hydrogen-bond acceptors (Lipinski definition) is 4. The topological polar surface area (TPSA) is 44.8 Å². The van der Waals surface area contributed by atoms with Gasteiger partial charge in [0.05, 0.1) is 12.7 Å². The van der Waals surface area contributed by atoms with Crippen molar-refractivity contribution in [2.45, 2.75) is 44.6 Å². The minimum atomic E-state index is -0.360. The zero-order chi connectivity index (χ0) is 10.6. The zero-order valence-corrected chi connectivity index (χ0v) is 8.51. The summed E-state index contributed by atoms with van der Waals surface area (Å²) in [6, 6.07) is -0.360. The van der Waals surface area contributed by atoms with Crippen LogP contribution >= 0.6 is 0 Å². The Kier molecular flexibility index (Phi) is 4.42. The molecule has 3 unspecified atom stereocenters. The zero-order valence-electron chi connectivity index (χ0n) is 8.51. The maximum absolute atomic E-state index is 10.2. The predicted octanol–water partition coefficient (Wildman–Crippen LogP) is 0.236. The number of rotatable bonds is 5. The van der Waals surface area contributed by atoms with Gasteiger partial charge < -0.3 is 14.2 Å². The highest BCUT2D eigenvalue weighted by molar-refractivity contribution is 6.11. The van der Waals surface area contributed by atoms with E-state index >= 15 is 0 Å². The Balaban J connectivity index is 2.36. The second-order valence-electron chi connectivity index (χ2n) is 3.60. The van der Waals surface area contributed by atoms with E-state index in [2.05, 4.69) is 0 Å². The molecule has 0 amide bonds. The van der Waals surface area contributed by atoms with Crippen LogP contribution in [-0.2, 0) is 19.0 Å². The fourth-order valence-corrected chi connectivity index (χ4v) is 1.40. The van der Waals surface area contributed by atoms with E-state index in [1.54, 1.807) is 0 Å². The van der Waals surface area contributed by atoms with Crippen molar-refractivity contribution in [3.8, 4) is 0 Å². The van der Waals surface area contributed by atoms with Gasteiger partial charge in [-0.25, -0.2) is 0 Å². The van der Waals surface area contributed by atoms with Crippen molar-refractivity contribution in [1.82, 2.24) is 0 Å². The van der Waals surface area contributed by atoms with Crippen LogP contribution in [0.3, 0.4) is 0 Å². The van der Waals surface area contributed by atoms with Gasteiger partial charge in [0, 0.05) is 12.4 Å². The molecule has 0 aromatic heterocycles. The molecular formula is C9H15BO4. The molecular weight excluding hydrogens is 183 g/mol. The highest BCUT2D eigenvalue weighted by atomic mass is 16.6. The van der Waals surface area contributed by atoms with Gasteiger partial charge in [0.1, 0.15) is 20.1 Å². The monoisotopic (exact) mass is 198 g/mol. The van der Waals surface area contributed by atoms with Crippen molar-refractivity contribution in [3.63, 3.8) is 0 Å². The molecule has 1 aliphatic rings. The van der Waals surface area contributed by atoms with Crippen molar-refractivity contribution in [2.24, 2.45) is 0 Å². The quantitative estimate of drug-likeness (QED) is 0.468. The molecule has 5 heteroatoms. The Morgan fingerprint density at radius 3 is 2.93 bits per heavy atom. The molecule has 3 atom stereocenters. The van der Waals surface area contributed by atoms with Crippen LogP contribution in [-0.4, -0.2) is 45.2 Å². The molecule has 14 heavy (non-hydrogen) atoms. The lowest BCUT2D eigenvalue weighted by Gasteiger charge is -2.18. The highest BCUT2D eigenvalue weighted by Crippen LogP contribution is 2.21. The van der Waals surface area contributed by atoms with Crippen LogP contribution in [0.4, 0.5) is 0 Å². The molecule has 0 aliphatic carbocycles. The summed E-state index contributed by atoms with van der Waals surface area (Å²) in [5, 5.41) is 0. The predicted molar refractivity (Wildman–Crippen MR) is 51.1 cm³/mol. The van der Waals surface area contributed by atoms with E-state index in [-0.39, 0.29) is 24.3 Å². The van der Waals surface area contributed by atoms with Gasteiger partial charge in [-0.05, 0) is 13.8 Å². The average Bonchev–Trinajstić information content (AvgIpc) is 2.44. The Morgan fingerprint density at radius 1 is 1.64 bits per heavy atom. The molecule has 78 valence electrons. The van der Waals surface area contributed by atoms with Gasteiger partial charge in [-0.1, -0.05) is 0 Å². The molecule has 1 rings (SSSR count). The third kappa shape index (κ3) is 3.31. The first-order valence-electron chi connectivity index (χ1n) is 4.75. The first-order valence-corrected chi connectivity index (χ1v) is 4.75. The van der Waals surface area contributed by atoms with Crippen LogP contribution in [0.15, 0.2) is 0 Å². The lowest BCUT2D eigenvalue weighted by atomic mass is 9.96. The first kappa shape index (κ1) is 11.5. The average molecular weight is 198 g/mol. The van der Waals surface area contributed by atoms with Crippen molar-refractivity contribution < 1.29 is 19.0 Å². The molecule has 1 fully saturated rings. The first-order chi connectivity index (χ1) is 6.63. The summed E-state index contributed by atoms with van der Waals surface area (Å²) in [6.07, 6.45) is 0.149. The maximum Gasteiger partial charge on any atom is 0.293 e. The van der Waals surface area contributed by atoms with Gasteiger partial charge in [-0.2, -0.15) is 0 Å². The van der Waals surface area contributed by atoms with E-state index < -0.39 is 0 Å². The normalized spacial score (nSPS) is 32.1. The maximum atomic E-state index is 10.2. The van der Waals surface area contributed by atoms with E-state index in [4.69, 9.17) is 22.1 Å². The van der Waals surface area contributed by atoms with Crippen LogP contribution in [0.5, 0.6) is 0 Å². The van der Waals surface area contributed by atoms with E-state index in [0.717, 1.165) is 0 Å². The van der Waals surface area contributed by atoms with Crippen molar-refractivity contribution >= 4 is 14.3 Å². The summed E-state index contributed by atoms with van der Waals surface area (Å²) >= 11 is 0. The summed E-state index contributed by atoms with van der Waals surface area (Å²) in [5.74, 6) is 0. The van der Waals surface area contributed by atoms with Crippen molar-refractivity contribution in [3.05, 3.63) is 0 Å². The fraction of sp³-hybridized carbons (Fsp3) is 0.889. The second kappa shape index (κ2) is 5.36. The van der Waals surface area contributed by atoms with Gasteiger partial charge in [0.25, 0.3) is 6.47 Å². The lowest BCUT2D eigenvalue weighted by Crippen LogP contribution is -2.30. The van der Waals surface area contributed by atoms with Crippen LogP contribution in [0, 0.1) is 0 Å². The molecule has 2 radical (unpaired) electrons. The van der Waals surface area contributed by atoms with Crippen LogP contribution < -0.4 is 0 Å². The molecule has 0 N–H and O–H groups in total. The summed E-state index contributed by atoms with van der Waals surface area (Å²) < 4.78 is 15.6. The number of ether oxygens (including phenoxy) is 3. The molecule has 0 bridgehead atoms. The molecule has 4 nitrogen and oxygen atoms in total. The van der Waals surface area contributed by atoms with E-state index in [1.165, 1.54) is 0 Å². The molecule has 0 spiro atoms. The Hall–Kier alpha value is -0.545. The van der Waals surface area contributed by atoms with Gasteiger partial charge in [0.2, 0.25) is 0 Å².